The van der Waals surface area contributed by atoms with Crippen LogP contribution in [0.15, 0.2) is 24.3 Å². The van der Waals surface area contributed by atoms with Gasteiger partial charge >= 0.3 is 6.03 Å². The van der Waals surface area contributed by atoms with Crippen molar-refractivity contribution >= 4 is 58.3 Å². The number of piperazine rings is 1. The van der Waals surface area contributed by atoms with E-state index in [1.807, 2.05) is 20.8 Å². The predicted molar refractivity (Wildman–Crippen MR) is 139 cm³/mol. The molecule has 1 aromatic heterocycles. The fourth-order valence-corrected chi connectivity index (χ4v) is 4.28. The number of hydrogen-bond donors (Lipinski definition) is 4. The minimum atomic E-state index is -1.24. The van der Waals surface area contributed by atoms with Gasteiger partial charge in [-0.2, -0.15) is 0 Å². The van der Waals surface area contributed by atoms with Gasteiger partial charge in [-0.05, 0) is 32.0 Å². The number of halogens is 2. The van der Waals surface area contributed by atoms with E-state index in [4.69, 9.17) is 28.9 Å². The zero-order valence-corrected chi connectivity index (χ0v) is 22.3. The van der Waals surface area contributed by atoms with Crippen LogP contribution in [0.1, 0.15) is 50.8 Å². The summed E-state index contributed by atoms with van der Waals surface area (Å²) >= 11 is 12.2. The fourth-order valence-electron chi connectivity index (χ4n) is 3.94. The van der Waals surface area contributed by atoms with Crippen molar-refractivity contribution in [2.45, 2.75) is 45.6 Å². The van der Waals surface area contributed by atoms with Crippen molar-refractivity contribution < 1.29 is 19.2 Å². The molecule has 3 rings (SSSR count). The van der Waals surface area contributed by atoms with E-state index in [0.29, 0.717) is 11.4 Å². The van der Waals surface area contributed by atoms with Gasteiger partial charge in [0.2, 0.25) is 11.8 Å². The lowest BCUT2D eigenvalue weighted by Gasteiger charge is -2.45. The van der Waals surface area contributed by atoms with Gasteiger partial charge in [0.1, 0.15) is 11.2 Å². The lowest BCUT2D eigenvalue weighted by atomic mass is 9.92. The van der Waals surface area contributed by atoms with Gasteiger partial charge in [-0.1, -0.05) is 50.0 Å². The number of urea groups is 1. The number of amides is 5. The Morgan fingerprint density at radius 2 is 1.75 bits per heavy atom. The number of benzene rings is 1. The maximum atomic E-state index is 13.7. The molecular formula is C24H30Cl2N6O4. The number of anilines is 2. The zero-order chi connectivity index (χ0) is 27.0. The Morgan fingerprint density at radius 3 is 2.36 bits per heavy atom. The van der Waals surface area contributed by atoms with Gasteiger partial charge in [-0.3, -0.25) is 14.4 Å². The predicted octanol–water partition coefficient (Wildman–Crippen LogP) is 3.81. The third kappa shape index (κ3) is 5.60. The molecule has 1 aromatic carbocycles. The number of carbonyl (C=O) groups is 4. The average Bonchev–Trinajstić information content (AvgIpc) is 3.18. The molecule has 10 nitrogen and oxygen atoms in total. The standard InChI is InChI=1S/C24H30Cl2N6O4/c1-23(2,3)16-11-15(29-22(36)28-14-8-6-7-13(25)18(14)26)19(30-16)20(34)32-10-9-31(12-17(27)33)21(35)24(32,4)5/h6-8,11,30H,9-10,12H2,1-5H3,(H2,27,33)(H2,28,29,36). The van der Waals surface area contributed by atoms with Crippen molar-refractivity contribution in [2.24, 2.45) is 5.73 Å². The lowest BCUT2D eigenvalue weighted by Crippen LogP contribution is -2.65. The second-order valence-electron chi connectivity index (χ2n) is 10.1. The van der Waals surface area contributed by atoms with Gasteiger partial charge in [0.15, 0.2) is 0 Å². The number of H-pyrrole nitrogens is 1. The van der Waals surface area contributed by atoms with Crippen LogP contribution in [0.5, 0.6) is 0 Å². The van der Waals surface area contributed by atoms with Gasteiger partial charge in [0, 0.05) is 24.2 Å². The number of aromatic amines is 1. The van der Waals surface area contributed by atoms with Crippen molar-refractivity contribution in [2.75, 3.05) is 30.3 Å². The molecule has 5 N–H and O–H groups in total. The Morgan fingerprint density at radius 1 is 1.11 bits per heavy atom. The first-order chi connectivity index (χ1) is 16.6. The summed E-state index contributed by atoms with van der Waals surface area (Å²) in [5.41, 5.74) is 5.02. The number of nitrogens with one attached hydrogen (secondary N) is 3. The monoisotopic (exact) mass is 536 g/mol. The number of carbonyl (C=O) groups excluding carboxylic acids is 4. The zero-order valence-electron chi connectivity index (χ0n) is 20.8. The van der Waals surface area contributed by atoms with Crippen LogP contribution in [0.2, 0.25) is 10.0 Å². The van der Waals surface area contributed by atoms with Crippen LogP contribution in [0.25, 0.3) is 0 Å². The molecule has 1 fully saturated rings. The Kier molecular flexibility index (Phi) is 7.61. The molecule has 0 atom stereocenters. The van der Waals surface area contributed by atoms with Crippen molar-refractivity contribution in [1.29, 1.82) is 0 Å². The number of nitrogens with two attached hydrogens (primary N) is 1. The van der Waals surface area contributed by atoms with E-state index in [-0.39, 0.29) is 46.5 Å². The van der Waals surface area contributed by atoms with Crippen LogP contribution in [-0.2, 0) is 15.0 Å². The Hall–Kier alpha value is -3.24. The number of aromatic nitrogens is 1. The maximum Gasteiger partial charge on any atom is 0.323 e. The molecule has 12 heteroatoms. The highest BCUT2D eigenvalue weighted by atomic mass is 35.5. The summed E-state index contributed by atoms with van der Waals surface area (Å²) in [6, 6.07) is 5.89. The highest BCUT2D eigenvalue weighted by Gasteiger charge is 2.45. The number of nitrogens with zero attached hydrogens (tertiary/aromatic N) is 2. The highest BCUT2D eigenvalue weighted by Crippen LogP contribution is 2.32. The topological polar surface area (TPSA) is 141 Å². The molecule has 1 aliphatic rings. The van der Waals surface area contributed by atoms with E-state index < -0.39 is 29.3 Å². The van der Waals surface area contributed by atoms with Crippen LogP contribution < -0.4 is 16.4 Å². The van der Waals surface area contributed by atoms with E-state index >= 15 is 0 Å². The molecule has 1 aliphatic heterocycles. The van der Waals surface area contributed by atoms with Crippen molar-refractivity contribution in [3.63, 3.8) is 0 Å². The number of hydrogen-bond acceptors (Lipinski definition) is 4. The number of primary amides is 1. The maximum absolute atomic E-state index is 13.7. The van der Waals surface area contributed by atoms with Crippen LogP contribution in [-0.4, -0.2) is 63.7 Å². The third-order valence-corrected chi connectivity index (χ3v) is 6.78. The lowest BCUT2D eigenvalue weighted by molar-refractivity contribution is -0.148. The van der Waals surface area contributed by atoms with Crippen LogP contribution >= 0.6 is 23.2 Å². The third-order valence-electron chi connectivity index (χ3n) is 5.96. The first-order valence-electron chi connectivity index (χ1n) is 11.3. The number of rotatable bonds is 5. The normalized spacial score (nSPS) is 15.6. The molecular weight excluding hydrogens is 507 g/mol. The molecule has 0 aliphatic carbocycles. The largest absolute Gasteiger partial charge is 0.368 e. The Bertz CT molecular complexity index is 1220. The molecule has 0 radical (unpaired) electrons. The SMILES string of the molecule is CC(C)(C)c1cc(NC(=O)Nc2cccc(Cl)c2Cl)c(C(=O)N2CCN(CC(N)=O)C(=O)C2(C)C)[nH]1. The van der Waals surface area contributed by atoms with E-state index in [9.17, 15) is 19.2 Å². The Labute approximate surface area is 219 Å². The van der Waals surface area contributed by atoms with Gasteiger partial charge in [0.25, 0.3) is 5.91 Å². The van der Waals surface area contributed by atoms with Gasteiger partial charge in [-0.15, -0.1) is 0 Å². The minimum absolute atomic E-state index is 0.122. The molecule has 0 bridgehead atoms. The molecule has 194 valence electrons. The first kappa shape index (κ1) is 27.3. The van der Waals surface area contributed by atoms with Crippen molar-refractivity contribution in [3.8, 4) is 0 Å². The van der Waals surface area contributed by atoms with Crippen LogP contribution in [0.4, 0.5) is 16.2 Å². The Balaban J connectivity index is 1.91. The molecule has 1 saturated heterocycles. The molecule has 0 spiro atoms. The van der Waals surface area contributed by atoms with E-state index in [1.165, 1.54) is 9.80 Å². The minimum Gasteiger partial charge on any atom is -0.368 e. The van der Waals surface area contributed by atoms with Gasteiger partial charge in [-0.25, -0.2) is 4.79 Å². The first-order valence-corrected chi connectivity index (χ1v) is 12.0. The summed E-state index contributed by atoms with van der Waals surface area (Å²) in [5.74, 6) is -1.50. The average molecular weight is 537 g/mol. The van der Waals surface area contributed by atoms with Crippen molar-refractivity contribution in [1.82, 2.24) is 14.8 Å². The second-order valence-corrected chi connectivity index (χ2v) is 10.9. The highest BCUT2D eigenvalue weighted by molar-refractivity contribution is 6.44. The summed E-state index contributed by atoms with van der Waals surface area (Å²) in [5, 5.41) is 5.80. The van der Waals surface area contributed by atoms with E-state index in [1.54, 1.807) is 38.1 Å². The summed E-state index contributed by atoms with van der Waals surface area (Å²) < 4.78 is 0. The molecule has 0 unspecified atom stereocenters. The van der Waals surface area contributed by atoms with Crippen LogP contribution in [0, 0.1) is 0 Å². The summed E-state index contributed by atoms with van der Waals surface area (Å²) in [6.07, 6.45) is 0. The van der Waals surface area contributed by atoms with Gasteiger partial charge < -0.3 is 31.2 Å². The second kappa shape index (κ2) is 10.0. The van der Waals surface area contributed by atoms with Crippen molar-refractivity contribution in [3.05, 3.63) is 45.7 Å². The van der Waals surface area contributed by atoms with E-state index in [2.05, 4.69) is 15.6 Å². The van der Waals surface area contributed by atoms with Gasteiger partial charge in [0.05, 0.1) is 28.0 Å². The molecule has 0 saturated carbocycles. The molecule has 5 amide bonds. The molecule has 36 heavy (non-hydrogen) atoms. The van der Waals surface area contributed by atoms with Crippen LogP contribution in [0.3, 0.4) is 0 Å². The summed E-state index contributed by atoms with van der Waals surface area (Å²) in [4.78, 5) is 56.8. The smallest absolute Gasteiger partial charge is 0.323 e. The fraction of sp³-hybridized carbons (Fsp3) is 0.417. The molecule has 2 aromatic rings. The summed E-state index contributed by atoms with van der Waals surface area (Å²) in [7, 11) is 0. The quantitative estimate of drug-likeness (QED) is 0.460. The molecule has 2 heterocycles. The summed E-state index contributed by atoms with van der Waals surface area (Å²) in [6.45, 7) is 9.19. The van der Waals surface area contributed by atoms with E-state index in [0.717, 1.165) is 0 Å².